The molecule has 1 aliphatic rings. The number of likely N-dealkylation sites (N-methyl/N-ethyl adjacent to an activating group) is 1. The Kier molecular flexibility index (Phi) is 6.12. The Bertz CT molecular complexity index is 751. The summed E-state index contributed by atoms with van der Waals surface area (Å²) in [5.74, 6) is -0.275. The van der Waals surface area contributed by atoms with Crippen molar-refractivity contribution in [2.45, 2.75) is 44.6 Å². The first-order chi connectivity index (χ1) is 11.4. The molecule has 3 rings (SSSR count). The van der Waals surface area contributed by atoms with E-state index in [9.17, 15) is 9.18 Å². The monoisotopic (exact) mass is 368 g/mol. The van der Waals surface area contributed by atoms with Crippen LogP contribution in [0.2, 0.25) is 0 Å². The highest BCUT2D eigenvalue weighted by Crippen LogP contribution is 2.32. The van der Waals surface area contributed by atoms with E-state index in [1.165, 1.54) is 31.4 Å². The van der Waals surface area contributed by atoms with E-state index in [0.29, 0.717) is 23.1 Å². The van der Waals surface area contributed by atoms with E-state index < -0.39 is 0 Å². The number of nitrogens with one attached hydrogen (secondary N) is 1. The summed E-state index contributed by atoms with van der Waals surface area (Å²) in [5.41, 5.74) is 1.24. The SMILES string of the molecule is Cc1c(C(=O)NCC2(N(C)C)CCCCC2)oc2ccc(F)cc12.Cl. The van der Waals surface area contributed by atoms with Gasteiger partial charge in [-0.05, 0) is 52.1 Å². The lowest BCUT2D eigenvalue weighted by Gasteiger charge is -2.43. The molecular weight excluding hydrogens is 343 g/mol. The number of benzene rings is 1. The molecule has 0 atom stereocenters. The van der Waals surface area contributed by atoms with Gasteiger partial charge in [0.25, 0.3) is 5.91 Å². The van der Waals surface area contributed by atoms with Crippen molar-refractivity contribution >= 4 is 29.3 Å². The molecule has 1 heterocycles. The minimum atomic E-state index is -0.327. The van der Waals surface area contributed by atoms with Gasteiger partial charge in [0.1, 0.15) is 11.4 Å². The first-order valence-electron chi connectivity index (χ1n) is 8.57. The Labute approximate surface area is 154 Å². The summed E-state index contributed by atoms with van der Waals surface area (Å²) < 4.78 is 19.1. The van der Waals surface area contributed by atoms with Crippen LogP contribution in [0.1, 0.15) is 48.2 Å². The van der Waals surface area contributed by atoms with Crippen LogP contribution in [-0.4, -0.2) is 37.0 Å². The topological polar surface area (TPSA) is 45.5 Å². The highest BCUT2D eigenvalue weighted by molar-refractivity contribution is 5.98. The van der Waals surface area contributed by atoms with Gasteiger partial charge in [-0.15, -0.1) is 12.4 Å². The van der Waals surface area contributed by atoms with E-state index in [1.807, 2.05) is 0 Å². The van der Waals surface area contributed by atoms with Crippen molar-refractivity contribution in [3.05, 3.63) is 35.3 Å². The van der Waals surface area contributed by atoms with Crippen LogP contribution in [0.15, 0.2) is 22.6 Å². The Hall–Kier alpha value is -1.59. The van der Waals surface area contributed by atoms with Crippen molar-refractivity contribution in [1.29, 1.82) is 0 Å². The van der Waals surface area contributed by atoms with Crippen LogP contribution in [0.4, 0.5) is 4.39 Å². The second-order valence-corrected chi connectivity index (χ2v) is 7.06. The maximum Gasteiger partial charge on any atom is 0.287 e. The van der Waals surface area contributed by atoms with E-state index in [-0.39, 0.29) is 35.4 Å². The van der Waals surface area contributed by atoms with Crippen LogP contribution in [0, 0.1) is 12.7 Å². The minimum absolute atomic E-state index is 0. The van der Waals surface area contributed by atoms with Crippen LogP contribution in [0.5, 0.6) is 0 Å². The highest BCUT2D eigenvalue weighted by Gasteiger charge is 2.35. The highest BCUT2D eigenvalue weighted by atomic mass is 35.5. The molecule has 1 aromatic heterocycles. The van der Waals surface area contributed by atoms with Crippen molar-refractivity contribution in [3.63, 3.8) is 0 Å². The molecule has 0 spiro atoms. The standard InChI is InChI=1S/C19H25FN2O2.ClH/c1-13-15-11-14(20)7-8-16(15)24-17(13)18(23)21-12-19(22(2)3)9-5-4-6-10-19;/h7-8,11H,4-6,9-10,12H2,1-3H3,(H,21,23);1H. The van der Waals surface area contributed by atoms with Crippen molar-refractivity contribution in [2.24, 2.45) is 0 Å². The van der Waals surface area contributed by atoms with Gasteiger partial charge >= 0.3 is 0 Å². The number of carbonyl (C=O) groups is 1. The number of amides is 1. The molecule has 1 aliphatic carbocycles. The molecule has 25 heavy (non-hydrogen) atoms. The van der Waals surface area contributed by atoms with Gasteiger partial charge in [0, 0.05) is 23.0 Å². The summed E-state index contributed by atoms with van der Waals surface area (Å²) in [6.45, 7) is 2.40. The molecule has 0 aliphatic heterocycles. The van der Waals surface area contributed by atoms with Gasteiger partial charge in [-0.2, -0.15) is 0 Å². The number of hydrogen-bond acceptors (Lipinski definition) is 3. The molecule has 6 heteroatoms. The molecule has 1 aromatic carbocycles. The number of nitrogens with zero attached hydrogens (tertiary/aromatic N) is 1. The largest absolute Gasteiger partial charge is 0.451 e. The fourth-order valence-electron chi connectivity index (χ4n) is 3.73. The fraction of sp³-hybridized carbons (Fsp3) is 0.526. The number of rotatable bonds is 4. The summed E-state index contributed by atoms with van der Waals surface area (Å²) in [6, 6.07) is 4.32. The predicted molar refractivity (Wildman–Crippen MR) is 100.0 cm³/mol. The Balaban J connectivity index is 0.00000225. The summed E-state index contributed by atoms with van der Waals surface area (Å²) in [7, 11) is 4.15. The third-order valence-electron chi connectivity index (χ3n) is 5.42. The van der Waals surface area contributed by atoms with Gasteiger partial charge in [-0.25, -0.2) is 4.39 Å². The van der Waals surface area contributed by atoms with Gasteiger partial charge < -0.3 is 14.6 Å². The smallest absolute Gasteiger partial charge is 0.287 e. The average molecular weight is 369 g/mol. The normalized spacial score (nSPS) is 16.7. The van der Waals surface area contributed by atoms with E-state index in [4.69, 9.17) is 4.42 Å². The van der Waals surface area contributed by atoms with Crippen molar-refractivity contribution < 1.29 is 13.6 Å². The van der Waals surface area contributed by atoms with Crippen molar-refractivity contribution in [3.8, 4) is 0 Å². The average Bonchev–Trinajstić information content (AvgIpc) is 2.90. The summed E-state index contributed by atoms with van der Waals surface area (Å²) in [4.78, 5) is 14.8. The number of furan rings is 1. The lowest BCUT2D eigenvalue weighted by molar-refractivity contribution is 0.0780. The van der Waals surface area contributed by atoms with E-state index in [0.717, 1.165) is 12.8 Å². The van der Waals surface area contributed by atoms with Crippen LogP contribution in [0.25, 0.3) is 11.0 Å². The lowest BCUT2D eigenvalue weighted by Crippen LogP contribution is -2.53. The predicted octanol–water partition coefficient (Wildman–Crippen LogP) is 4.30. The van der Waals surface area contributed by atoms with Crippen molar-refractivity contribution in [1.82, 2.24) is 10.2 Å². The van der Waals surface area contributed by atoms with E-state index in [2.05, 4.69) is 24.3 Å². The molecule has 0 radical (unpaired) electrons. The molecule has 0 bridgehead atoms. The first kappa shape index (κ1) is 19.7. The molecule has 1 amide bonds. The van der Waals surface area contributed by atoms with Crippen LogP contribution < -0.4 is 5.32 Å². The van der Waals surface area contributed by atoms with E-state index in [1.54, 1.807) is 13.0 Å². The molecule has 138 valence electrons. The Morgan fingerprint density at radius 3 is 2.60 bits per heavy atom. The zero-order valence-electron chi connectivity index (χ0n) is 15.0. The number of hydrogen-bond donors (Lipinski definition) is 1. The summed E-state index contributed by atoms with van der Waals surface area (Å²) in [5, 5.41) is 3.69. The number of halogens is 2. The molecule has 2 aromatic rings. The molecular formula is C19H26ClFN2O2. The minimum Gasteiger partial charge on any atom is -0.451 e. The Morgan fingerprint density at radius 1 is 1.28 bits per heavy atom. The van der Waals surface area contributed by atoms with Gasteiger partial charge in [-0.3, -0.25) is 4.79 Å². The maximum absolute atomic E-state index is 13.4. The van der Waals surface area contributed by atoms with Crippen LogP contribution in [0.3, 0.4) is 0 Å². The quantitative estimate of drug-likeness (QED) is 0.875. The second kappa shape index (κ2) is 7.75. The molecule has 0 unspecified atom stereocenters. The van der Waals surface area contributed by atoms with Gasteiger partial charge in [0.05, 0.1) is 0 Å². The second-order valence-electron chi connectivity index (χ2n) is 7.06. The fourth-order valence-corrected chi connectivity index (χ4v) is 3.73. The Morgan fingerprint density at radius 2 is 1.96 bits per heavy atom. The molecule has 1 N–H and O–H groups in total. The zero-order valence-corrected chi connectivity index (χ0v) is 15.8. The lowest BCUT2D eigenvalue weighted by atomic mass is 9.80. The third-order valence-corrected chi connectivity index (χ3v) is 5.42. The maximum atomic E-state index is 13.4. The zero-order chi connectivity index (χ0) is 17.3. The van der Waals surface area contributed by atoms with Gasteiger partial charge in [0.15, 0.2) is 5.76 Å². The first-order valence-corrected chi connectivity index (χ1v) is 8.57. The molecule has 0 saturated heterocycles. The number of aryl methyl sites for hydroxylation is 1. The van der Waals surface area contributed by atoms with Gasteiger partial charge in [-0.1, -0.05) is 19.3 Å². The summed E-state index contributed by atoms with van der Waals surface area (Å²) >= 11 is 0. The van der Waals surface area contributed by atoms with Crippen molar-refractivity contribution in [2.75, 3.05) is 20.6 Å². The molecule has 1 saturated carbocycles. The molecule has 1 fully saturated rings. The van der Waals surface area contributed by atoms with Crippen LogP contribution >= 0.6 is 12.4 Å². The van der Waals surface area contributed by atoms with Gasteiger partial charge in [0.2, 0.25) is 0 Å². The van der Waals surface area contributed by atoms with E-state index >= 15 is 0 Å². The molecule has 4 nitrogen and oxygen atoms in total. The summed E-state index contributed by atoms with van der Waals surface area (Å²) in [6.07, 6.45) is 5.82. The number of fused-ring (bicyclic) bond motifs is 1. The van der Waals surface area contributed by atoms with Crippen LogP contribution in [-0.2, 0) is 0 Å². The third kappa shape index (κ3) is 3.82. The number of carbonyl (C=O) groups excluding carboxylic acids is 1.